The molecule has 2 aliphatic carbocycles. The lowest BCUT2D eigenvalue weighted by molar-refractivity contribution is -0.142. The molecule has 5 rings (SSSR count). The summed E-state index contributed by atoms with van der Waals surface area (Å²) in [7, 11) is 0. The first-order valence-electron chi connectivity index (χ1n) is 12.0. The van der Waals surface area contributed by atoms with Crippen LogP contribution in [0.25, 0.3) is 0 Å². The van der Waals surface area contributed by atoms with E-state index < -0.39 is 11.8 Å². The molecule has 1 N–H and O–H groups in total. The van der Waals surface area contributed by atoms with E-state index in [2.05, 4.69) is 0 Å². The summed E-state index contributed by atoms with van der Waals surface area (Å²) in [5.74, 6) is 0.0275. The number of carboxylic acid groups (broad SMARTS) is 1. The van der Waals surface area contributed by atoms with E-state index in [4.69, 9.17) is 21.4 Å². The SMILES string of the molecule is O=C(O)c1cc(F)c(C2CCC([C@H]3CC34CCN(C(=O)[C@H]3CCCO3)CC4)CC2)cc1Cl. The zero-order chi connectivity index (χ0) is 22.5. The molecule has 1 spiro atoms. The van der Waals surface area contributed by atoms with Gasteiger partial charge in [0.15, 0.2) is 0 Å². The molecule has 4 aliphatic rings. The number of aromatic carboxylic acids is 1. The number of amides is 1. The maximum atomic E-state index is 14.6. The molecule has 0 bridgehead atoms. The lowest BCUT2D eigenvalue weighted by atomic mass is 9.74. The van der Waals surface area contributed by atoms with Gasteiger partial charge in [0.1, 0.15) is 11.9 Å². The lowest BCUT2D eigenvalue weighted by Gasteiger charge is -2.36. The van der Waals surface area contributed by atoms with Crippen LogP contribution in [0.15, 0.2) is 12.1 Å². The summed E-state index contributed by atoms with van der Waals surface area (Å²) < 4.78 is 20.2. The van der Waals surface area contributed by atoms with Crippen molar-refractivity contribution in [2.24, 2.45) is 17.3 Å². The van der Waals surface area contributed by atoms with Gasteiger partial charge in [-0.1, -0.05) is 11.6 Å². The van der Waals surface area contributed by atoms with Gasteiger partial charge in [0.2, 0.25) is 0 Å². The van der Waals surface area contributed by atoms with Crippen molar-refractivity contribution in [3.8, 4) is 0 Å². The molecule has 0 unspecified atom stereocenters. The van der Waals surface area contributed by atoms with Gasteiger partial charge in [0, 0.05) is 19.7 Å². The van der Waals surface area contributed by atoms with Crippen LogP contribution in [0.1, 0.15) is 79.6 Å². The molecule has 0 aromatic heterocycles. The smallest absolute Gasteiger partial charge is 0.337 e. The van der Waals surface area contributed by atoms with Gasteiger partial charge < -0.3 is 14.7 Å². The Morgan fingerprint density at radius 3 is 2.47 bits per heavy atom. The molecule has 4 fully saturated rings. The highest BCUT2D eigenvalue weighted by Gasteiger charge is 2.58. The third kappa shape index (κ3) is 4.05. The summed E-state index contributed by atoms with van der Waals surface area (Å²) in [5, 5.41) is 9.25. The fourth-order valence-corrected chi connectivity index (χ4v) is 6.89. The third-order valence-corrected chi connectivity index (χ3v) is 8.94. The molecule has 174 valence electrons. The number of ether oxygens (including phenoxy) is 1. The molecule has 1 aromatic rings. The van der Waals surface area contributed by atoms with Gasteiger partial charge in [-0.2, -0.15) is 0 Å². The fourth-order valence-electron chi connectivity index (χ4n) is 6.64. The number of carbonyl (C=O) groups excluding carboxylic acids is 1. The Bertz CT molecular complexity index is 899. The zero-order valence-corrected chi connectivity index (χ0v) is 19.1. The molecule has 2 saturated carbocycles. The highest BCUT2D eigenvalue weighted by molar-refractivity contribution is 6.33. The molecule has 2 aliphatic heterocycles. The summed E-state index contributed by atoms with van der Waals surface area (Å²) in [6, 6.07) is 2.58. The molecular formula is C25H31ClFNO4. The van der Waals surface area contributed by atoms with Gasteiger partial charge in [0.25, 0.3) is 5.91 Å². The van der Waals surface area contributed by atoms with E-state index in [9.17, 15) is 14.0 Å². The van der Waals surface area contributed by atoms with Gasteiger partial charge in [-0.25, -0.2) is 9.18 Å². The van der Waals surface area contributed by atoms with Crippen LogP contribution < -0.4 is 0 Å². The number of nitrogens with zero attached hydrogens (tertiary/aromatic N) is 1. The first-order chi connectivity index (χ1) is 15.4. The Morgan fingerprint density at radius 1 is 1.12 bits per heavy atom. The largest absolute Gasteiger partial charge is 0.478 e. The predicted molar refractivity (Wildman–Crippen MR) is 118 cm³/mol. The van der Waals surface area contributed by atoms with Gasteiger partial charge in [0.05, 0.1) is 10.6 Å². The topological polar surface area (TPSA) is 66.8 Å². The Morgan fingerprint density at radius 2 is 1.84 bits per heavy atom. The number of halogens is 2. The second kappa shape index (κ2) is 8.60. The molecule has 2 heterocycles. The number of carbonyl (C=O) groups is 2. The Balaban J connectivity index is 1.14. The predicted octanol–water partition coefficient (Wildman–Crippen LogP) is 5.26. The molecule has 2 saturated heterocycles. The van der Waals surface area contributed by atoms with Crippen LogP contribution in [0.4, 0.5) is 4.39 Å². The molecule has 0 radical (unpaired) electrons. The van der Waals surface area contributed by atoms with Crippen LogP contribution in [-0.2, 0) is 9.53 Å². The monoisotopic (exact) mass is 463 g/mol. The molecule has 1 aromatic carbocycles. The summed E-state index contributed by atoms with van der Waals surface area (Å²) in [5.41, 5.74) is 0.790. The first kappa shape index (κ1) is 22.1. The van der Waals surface area contributed by atoms with Gasteiger partial charge in [-0.05, 0) is 98.7 Å². The standard InChI is InChI=1S/C25H31ClFNO4/c26-20-12-17(21(27)13-18(20)24(30)31)15-3-5-16(6-4-15)19-14-25(19)7-9-28(10-8-25)23(29)22-2-1-11-32-22/h12-13,15-16,19,22H,1-11,14H2,(H,30,31)/t15?,16?,19-,22-/m1/s1. The van der Waals surface area contributed by atoms with Crippen molar-refractivity contribution in [3.05, 3.63) is 34.1 Å². The van der Waals surface area contributed by atoms with E-state index in [0.717, 1.165) is 76.4 Å². The average Bonchev–Trinajstić information content (AvgIpc) is 3.21. The number of likely N-dealkylation sites (tertiary alicyclic amines) is 1. The second-order valence-electron chi connectivity index (χ2n) is 10.3. The Hall–Kier alpha value is -1.66. The number of hydrogen-bond acceptors (Lipinski definition) is 3. The Labute approximate surface area is 193 Å². The molecular weight excluding hydrogens is 433 g/mol. The highest BCUT2D eigenvalue weighted by Crippen LogP contribution is 2.65. The van der Waals surface area contributed by atoms with Crippen LogP contribution >= 0.6 is 11.6 Å². The van der Waals surface area contributed by atoms with Crippen molar-refractivity contribution in [3.63, 3.8) is 0 Å². The minimum atomic E-state index is -1.20. The number of benzene rings is 1. The number of piperidine rings is 1. The number of rotatable bonds is 4. The van der Waals surface area contributed by atoms with E-state index in [0.29, 0.717) is 23.5 Å². The van der Waals surface area contributed by atoms with Crippen LogP contribution in [0.3, 0.4) is 0 Å². The lowest BCUT2D eigenvalue weighted by Crippen LogP contribution is -2.44. The summed E-state index contributed by atoms with van der Waals surface area (Å²) in [6.45, 7) is 2.41. The van der Waals surface area contributed by atoms with E-state index >= 15 is 0 Å². The molecule has 2 atom stereocenters. The van der Waals surface area contributed by atoms with Gasteiger partial charge in [-0.15, -0.1) is 0 Å². The number of hydrogen-bond donors (Lipinski definition) is 1. The molecule has 32 heavy (non-hydrogen) atoms. The summed E-state index contributed by atoms with van der Waals surface area (Å²) >= 11 is 6.09. The second-order valence-corrected chi connectivity index (χ2v) is 10.7. The first-order valence-corrected chi connectivity index (χ1v) is 12.4. The minimum Gasteiger partial charge on any atom is -0.478 e. The Kier molecular flexibility index (Phi) is 5.95. The van der Waals surface area contributed by atoms with E-state index in [-0.39, 0.29) is 28.5 Å². The van der Waals surface area contributed by atoms with Gasteiger partial charge >= 0.3 is 5.97 Å². The van der Waals surface area contributed by atoms with Crippen LogP contribution in [0, 0.1) is 23.1 Å². The molecule has 7 heteroatoms. The van der Waals surface area contributed by atoms with Crippen molar-refractivity contribution >= 4 is 23.5 Å². The van der Waals surface area contributed by atoms with Crippen LogP contribution in [0.5, 0.6) is 0 Å². The highest BCUT2D eigenvalue weighted by atomic mass is 35.5. The zero-order valence-electron chi connectivity index (χ0n) is 18.3. The van der Waals surface area contributed by atoms with Crippen molar-refractivity contribution in [1.82, 2.24) is 4.90 Å². The average molecular weight is 464 g/mol. The van der Waals surface area contributed by atoms with Crippen molar-refractivity contribution in [1.29, 1.82) is 0 Å². The fraction of sp³-hybridized carbons (Fsp3) is 0.680. The number of carboxylic acids is 1. The third-order valence-electron chi connectivity index (χ3n) is 8.63. The summed E-state index contributed by atoms with van der Waals surface area (Å²) in [4.78, 5) is 25.8. The molecule has 1 amide bonds. The quantitative estimate of drug-likeness (QED) is 0.661. The van der Waals surface area contributed by atoms with E-state index in [1.807, 2.05) is 4.90 Å². The van der Waals surface area contributed by atoms with Crippen molar-refractivity contribution in [2.45, 2.75) is 69.8 Å². The summed E-state index contributed by atoms with van der Waals surface area (Å²) in [6.07, 6.45) is 9.07. The van der Waals surface area contributed by atoms with E-state index in [1.165, 1.54) is 12.5 Å². The minimum absolute atomic E-state index is 0.104. The molecule has 5 nitrogen and oxygen atoms in total. The van der Waals surface area contributed by atoms with E-state index in [1.54, 1.807) is 0 Å². The maximum Gasteiger partial charge on any atom is 0.337 e. The van der Waals surface area contributed by atoms with Crippen LogP contribution in [0.2, 0.25) is 5.02 Å². The van der Waals surface area contributed by atoms with Gasteiger partial charge in [-0.3, -0.25) is 4.79 Å². The maximum absolute atomic E-state index is 14.6. The van der Waals surface area contributed by atoms with Crippen molar-refractivity contribution < 1.29 is 23.8 Å². The van der Waals surface area contributed by atoms with Crippen molar-refractivity contribution in [2.75, 3.05) is 19.7 Å². The van der Waals surface area contributed by atoms with Crippen LogP contribution in [-0.4, -0.2) is 47.7 Å². The normalized spacial score (nSPS) is 31.6.